The van der Waals surface area contributed by atoms with Crippen molar-refractivity contribution < 1.29 is 0 Å². The van der Waals surface area contributed by atoms with Crippen LogP contribution in [0.1, 0.15) is 29.0 Å². The SMILES string of the molecule is CCc1ccccc1C(N)c1ccc(Cl)s1. The number of nitrogens with two attached hydrogens (primary N) is 1. The summed E-state index contributed by atoms with van der Waals surface area (Å²) in [5.41, 5.74) is 8.76. The van der Waals surface area contributed by atoms with Gasteiger partial charge in [-0.05, 0) is 29.7 Å². The Morgan fingerprint density at radius 1 is 1.25 bits per heavy atom. The molecule has 1 aromatic heterocycles. The molecule has 1 unspecified atom stereocenters. The molecule has 3 heteroatoms. The highest BCUT2D eigenvalue weighted by Gasteiger charge is 2.13. The molecule has 0 bridgehead atoms. The number of rotatable bonds is 3. The maximum absolute atomic E-state index is 6.26. The van der Waals surface area contributed by atoms with Gasteiger partial charge in [-0.1, -0.05) is 42.8 Å². The summed E-state index contributed by atoms with van der Waals surface area (Å²) < 4.78 is 0.791. The number of benzene rings is 1. The van der Waals surface area contributed by atoms with Crippen LogP contribution in [0.5, 0.6) is 0 Å². The van der Waals surface area contributed by atoms with Crippen molar-refractivity contribution in [1.29, 1.82) is 0 Å². The molecule has 16 heavy (non-hydrogen) atoms. The Morgan fingerprint density at radius 2 is 2.00 bits per heavy atom. The molecule has 0 aliphatic carbocycles. The molecule has 84 valence electrons. The van der Waals surface area contributed by atoms with E-state index in [1.54, 1.807) is 11.3 Å². The predicted octanol–water partition coefficient (Wildman–Crippen LogP) is 4.01. The lowest BCUT2D eigenvalue weighted by Gasteiger charge is -2.14. The van der Waals surface area contributed by atoms with Gasteiger partial charge in [0.05, 0.1) is 10.4 Å². The molecule has 2 N–H and O–H groups in total. The summed E-state index contributed by atoms with van der Waals surface area (Å²) in [4.78, 5) is 1.12. The minimum absolute atomic E-state index is 0.0614. The lowest BCUT2D eigenvalue weighted by atomic mass is 9.98. The second-order valence-corrected chi connectivity index (χ2v) is 5.42. The lowest BCUT2D eigenvalue weighted by Crippen LogP contribution is -2.12. The highest BCUT2D eigenvalue weighted by molar-refractivity contribution is 7.16. The summed E-state index contributed by atoms with van der Waals surface area (Å²) in [6.07, 6.45) is 1.00. The zero-order valence-electron chi connectivity index (χ0n) is 9.11. The van der Waals surface area contributed by atoms with E-state index in [4.69, 9.17) is 17.3 Å². The maximum Gasteiger partial charge on any atom is 0.0931 e. The van der Waals surface area contributed by atoms with Crippen LogP contribution in [0.3, 0.4) is 0 Å². The average molecular weight is 252 g/mol. The van der Waals surface area contributed by atoms with Gasteiger partial charge in [-0.3, -0.25) is 0 Å². The fourth-order valence-electron chi connectivity index (χ4n) is 1.81. The molecule has 0 radical (unpaired) electrons. The quantitative estimate of drug-likeness (QED) is 0.876. The second kappa shape index (κ2) is 5.00. The molecule has 0 saturated carbocycles. The van der Waals surface area contributed by atoms with E-state index in [1.807, 2.05) is 18.2 Å². The lowest BCUT2D eigenvalue weighted by molar-refractivity contribution is 0.868. The highest BCUT2D eigenvalue weighted by Crippen LogP contribution is 2.30. The zero-order chi connectivity index (χ0) is 11.5. The summed E-state index contributed by atoms with van der Waals surface area (Å²) in [5.74, 6) is 0. The summed E-state index contributed by atoms with van der Waals surface area (Å²) in [6, 6.07) is 12.1. The average Bonchev–Trinajstić information content (AvgIpc) is 2.75. The normalized spacial score (nSPS) is 12.7. The Hall–Kier alpha value is -0.830. The molecular formula is C13H14ClNS. The summed E-state index contributed by atoms with van der Waals surface area (Å²) in [6.45, 7) is 2.15. The van der Waals surface area contributed by atoms with Crippen LogP contribution in [-0.4, -0.2) is 0 Å². The third-order valence-corrected chi connectivity index (χ3v) is 3.99. The van der Waals surface area contributed by atoms with Crippen LogP contribution >= 0.6 is 22.9 Å². The first-order valence-electron chi connectivity index (χ1n) is 5.31. The molecule has 0 fully saturated rings. The third-order valence-electron chi connectivity index (χ3n) is 2.67. The number of thiophene rings is 1. The Bertz CT molecular complexity index is 478. The molecule has 0 aliphatic rings. The van der Waals surface area contributed by atoms with Crippen molar-refractivity contribution in [3.8, 4) is 0 Å². The summed E-state index contributed by atoms with van der Waals surface area (Å²) in [7, 11) is 0. The largest absolute Gasteiger partial charge is 0.320 e. The molecule has 1 nitrogen and oxygen atoms in total. The first kappa shape index (κ1) is 11.6. The van der Waals surface area contributed by atoms with E-state index in [9.17, 15) is 0 Å². The highest BCUT2D eigenvalue weighted by atomic mass is 35.5. The number of hydrogen-bond donors (Lipinski definition) is 1. The molecule has 0 amide bonds. The molecular weight excluding hydrogens is 238 g/mol. The van der Waals surface area contributed by atoms with Crippen molar-refractivity contribution in [3.63, 3.8) is 0 Å². The number of aryl methyl sites for hydroxylation is 1. The van der Waals surface area contributed by atoms with E-state index in [-0.39, 0.29) is 6.04 Å². The molecule has 0 spiro atoms. The summed E-state index contributed by atoms with van der Waals surface area (Å²) >= 11 is 7.48. The van der Waals surface area contributed by atoms with Gasteiger partial charge in [0.1, 0.15) is 0 Å². The first-order valence-corrected chi connectivity index (χ1v) is 6.50. The molecule has 2 aromatic rings. The Morgan fingerprint density at radius 3 is 2.62 bits per heavy atom. The number of hydrogen-bond acceptors (Lipinski definition) is 2. The van der Waals surface area contributed by atoms with E-state index in [2.05, 4.69) is 25.1 Å². The van der Waals surface area contributed by atoms with Crippen molar-refractivity contribution in [2.24, 2.45) is 5.73 Å². The molecule has 0 saturated heterocycles. The molecule has 1 atom stereocenters. The molecule has 2 rings (SSSR count). The van der Waals surface area contributed by atoms with Crippen molar-refractivity contribution in [2.75, 3.05) is 0 Å². The standard InChI is InChI=1S/C13H14ClNS/c1-2-9-5-3-4-6-10(9)13(15)11-7-8-12(14)16-11/h3-8,13H,2,15H2,1H3. The minimum atomic E-state index is -0.0614. The van der Waals surface area contributed by atoms with Gasteiger partial charge >= 0.3 is 0 Å². The fraction of sp³-hybridized carbons (Fsp3) is 0.231. The van der Waals surface area contributed by atoms with Crippen molar-refractivity contribution in [2.45, 2.75) is 19.4 Å². The van der Waals surface area contributed by atoms with Gasteiger partial charge in [-0.15, -0.1) is 11.3 Å². The van der Waals surface area contributed by atoms with Crippen LogP contribution in [0.4, 0.5) is 0 Å². The van der Waals surface area contributed by atoms with Gasteiger partial charge in [0.25, 0.3) is 0 Å². The minimum Gasteiger partial charge on any atom is -0.320 e. The van der Waals surface area contributed by atoms with E-state index >= 15 is 0 Å². The Labute approximate surface area is 105 Å². The topological polar surface area (TPSA) is 26.0 Å². The van der Waals surface area contributed by atoms with Crippen molar-refractivity contribution in [1.82, 2.24) is 0 Å². The monoisotopic (exact) mass is 251 g/mol. The van der Waals surface area contributed by atoms with E-state index in [0.29, 0.717) is 0 Å². The van der Waals surface area contributed by atoms with Gasteiger partial charge in [-0.25, -0.2) is 0 Å². The molecule has 1 heterocycles. The van der Waals surface area contributed by atoms with Gasteiger partial charge in [0, 0.05) is 4.88 Å². The van der Waals surface area contributed by atoms with Crippen LogP contribution < -0.4 is 5.73 Å². The van der Waals surface area contributed by atoms with Crippen molar-refractivity contribution in [3.05, 3.63) is 56.7 Å². The van der Waals surface area contributed by atoms with E-state index < -0.39 is 0 Å². The van der Waals surface area contributed by atoms with Crippen LogP contribution in [0.2, 0.25) is 4.34 Å². The van der Waals surface area contributed by atoms with Gasteiger partial charge in [0.2, 0.25) is 0 Å². The smallest absolute Gasteiger partial charge is 0.0931 e. The molecule has 0 aliphatic heterocycles. The zero-order valence-corrected chi connectivity index (χ0v) is 10.7. The van der Waals surface area contributed by atoms with Gasteiger partial charge in [-0.2, -0.15) is 0 Å². The number of halogens is 1. The first-order chi connectivity index (χ1) is 7.72. The fourth-order valence-corrected chi connectivity index (χ4v) is 2.89. The van der Waals surface area contributed by atoms with Gasteiger partial charge in [0.15, 0.2) is 0 Å². The van der Waals surface area contributed by atoms with E-state index in [1.165, 1.54) is 11.1 Å². The van der Waals surface area contributed by atoms with Crippen LogP contribution in [0, 0.1) is 0 Å². The maximum atomic E-state index is 6.26. The van der Waals surface area contributed by atoms with Gasteiger partial charge < -0.3 is 5.73 Å². The summed E-state index contributed by atoms with van der Waals surface area (Å²) in [5, 5.41) is 0. The Kier molecular flexibility index (Phi) is 3.64. The molecule has 1 aromatic carbocycles. The van der Waals surface area contributed by atoms with Crippen LogP contribution in [0.15, 0.2) is 36.4 Å². The van der Waals surface area contributed by atoms with Crippen molar-refractivity contribution >= 4 is 22.9 Å². The predicted molar refractivity (Wildman–Crippen MR) is 71.2 cm³/mol. The van der Waals surface area contributed by atoms with Crippen LogP contribution in [0.25, 0.3) is 0 Å². The van der Waals surface area contributed by atoms with Crippen LogP contribution in [-0.2, 0) is 6.42 Å². The second-order valence-electron chi connectivity index (χ2n) is 3.67. The Balaban J connectivity index is 2.36. The van der Waals surface area contributed by atoms with E-state index in [0.717, 1.165) is 15.6 Å². The third kappa shape index (κ3) is 2.29.